The molecule has 1 amide bonds. The molecule has 0 unspecified atom stereocenters. The number of amides is 1. The normalized spacial score (nSPS) is 28.1. The number of hydrogen-bond acceptors (Lipinski definition) is 6. The number of thiophene rings is 1. The van der Waals surface area contributed by atoms with E-state index in [9.17, 15) is 9.59 Å². The fourth-order valence-electron chi connectivity index (χ4n) is 5.81. The summed E-state index contributed by atoms with van der Waals surface area (Å²) in [5.41, 5.74) is 1.51. The molecule has 4 heterocycles. The lowest BCUT2D eigenvalue weighted by Gasteiger charge is -2.36. The van der Waals surface area contributed by atoms with Crippen LogP contribution < -0.4 is 10.1 Å². The monoisotopic (exact) mass is 496 g/mol. The molecule has 168 valence electrons. The van der Waals surface area contributed by atoms with E-state index in [0.29, 0.717) is 21.5 Å². The minimum absolute atomic E-state index is 0.00942. The van der Waals surface area contributed by atoms with E-state index in [-0.39, 0.29) is 23.7 Å². The van der Waals surface area contributed by atoms with Gasteiger partial charge >= 0.3 is 0 Å². The highest BCUT2D eigenvalue weighted by Gasteiger charge is 2.69. The number of nitrogens with zero attached hydrogens (tertiary/aromatic N) is 1. The van der Waals surface area contributed by atoms with Crippen molar-refractivity contribution in [3.8, 4) is 5.75 Å². The maximum absolute atomic E-state index is 14.2. The maximum atomic E-state index is 14.2. The third-order valence-electron chi connectivity index (χ3n) is 7.13. The van der Waals surface area contributed by atoms with Gasteiger partial charge in [-0.15, -0.1) is 23.1 Å². The molecule has 2 saturated heterocycles. The Labute approximate surface area is 205 Å². The fourth-order valence-corrected chi connectivity index (χ4v) is 7.97. The molecule has 3 aliphatic heterocycles. The summed E-state index contributed by atoms with van der Waals surface area (Å²) in [5.74, 6) is 1.37. The number of benzene rings is 2. The van der Waals surface area contributed by atoms with E-state index in [1.165, 1.54) is 11.3 Å². The Kier molecular flexibility index (Phi) is 5.07. The number of rotatable bonds is 4. The van der Waals surface area contributed by atoms with Crippen LogP contribution in [0.2, 0.25) is 5.02 Å². The van der Waals surface area contributed by atoms with E-state index in [1.807, 2.05) is 60.0 Å². The van der Waals surface area contributed by atoms with Crippen LogP contribution in [0.15, 0.2) is 60.0 Å². The molecule has 6 rings (SSSR count). The van der Waals surface area contributed by atoms with Crippen LogP contribution in [0.25, 0.3) is 0 Å². The van der Waals surface area contributed by atoms with Gasteiger partial charge in [-0.25, -0.2) is 0 Å². The third kappa shape index (κ3) is 2.96. The lowest BCUT2D eigenvalue weighted by Crippen LogP contribution is -2.52. The Morgan fingerprint density at radius 3 is 2.76 bits per heavy atom. The number of methoxy groups -OCH3 is 1. The van der Waals surface area contributed by atoms with E-state index >= 15 is 0 Å². The number of anilines is 1. The minimum Gasteiger partial charge on any atom is -0.497 e. The molecule has 3 aromatic rings. The topological polar surface area (TPSA) is 58.6 Å². The molecule has 0 bridgehead atoms. The molecule has 2 aromatic carbocycles. The molecular weight excluding hydrogens is 476 g/mol. The highest BCUT2D eigenvalue weighted by molar-refractivity contribution is 7.99. The molecule has 1 spiro atoms. The average molecular weight is 497 g/mol. The van der Waals surface area contributed by atoms with Crippen LogP contribution in [-0.2, 0) is 10.3 Å². The zero-order chi connectivity index (χ0) is 22.7. The SMILES string of the molecule is COc1ccc2c(c1)[C@@]1(C(=O)N2)[C@@H](C(=O)c2cccs2)[C@@H](c2ccc(Cl)cc2)[C@H]2CSCN21. The number of ketones is 1. The van der Waals surface area contributed by atoms with Crippen LogP contribution in [0.4, 0.5) is 5.69 Å². The Bertz CT molecular complexity index is 1250. The molecule has 0 radical (unpaired) electrons. The van der Waals surface area contributed by atoms with Crippen LogP contribution in [0.1, 0.15) is 26.7 Å². The molecular formula is C25H21ClN2O3S2. The van der Waals surface area contributed by atoms with Gasteiger partial charge in [0.15, 0.2) is 5.78 Å². The van der Waals surface area contributed by atoms with E-state index in [4.69, 9.17) is 16.3 Å². The van der Waals surface area contributed by atoms with Gasteiger partial charge in [-0.3, -0.25) is 14.5 Å². The summed E-state index contributed by atoms with van der Waals surface area (Å²) in [6, 6.07) is 17.2. The summed E-state index contributed by atoms with van der Waals surface area (Å²) < 4.78 is 5.52. The first-order valence-electron chi connectivity index (χ1n) is 10.7. The van der Waals surface area contributed by atoms with Gasteiger partial charge in [0.2, 0.25) is 5.91 Å². The number of carbonyl (C=O) groups excluding carboxylic acids is 2. The van der Waals surface area contributed by atoms with Crippen molar-refractivity contribution in [2.75, 3.05) is 24.1 Å². The van der Waals surface area contributed by atoms with Crippen molar-refractivity contribution in [1.82, 2.24) is 4.90 Å². The van der Waals surface area contributed by atoms with E-state index in [2.05, 4.69) is 10.2 Å². The summed E-state index contributed by atoms with van der Waals surface area (Å²) in [7, 11) is 1.62. The average Bonchev–Trinajstić information content (AvgIpc) is 3.60. The molecule has 1 aromatic heterocycles. The van der Waals surface area contributed by atoms with Crippen LogP contribution in [0, 0.1) is 5.92 Å². The van der Waals surface area contributed by atoms with E-state index in [1.54, 1.807) is 18.9 Å². The first kappa shape index (κ1) is 21.2. The molecule has 0 saturated carbocycles. The van der Waals surface area contributed by atoms with E-state index < -0.39 is 11.5 Å². The summed E-state index contributed by atoms with van der Waals surface area (Å²) >= 11 is 9.43. The Balaban J connectivity index is 1.62. The zero-order valence-corrected chi connectivity index (χ0v) is 20.2. The maximum Gasteiger partial charge on any atom is 0.250 e. The molecule has 2 fully saturated rings. The molecule has 1 N–H and O–H groups in total. The predicted molar refractivity (Wildman–Crippen MR) is 133 cm³/mol. The summed E-state index contributed by atoms with van der Waals surface area (Å²) in [6.07, 6.45) is 0. The number of nitrogens with one attached hydrogen (secondary N) is 1. The van der Waals surface area contributed by atoms with Crippen molar-refractivity contribution in [2.24, 2.45) is 5.92 Å². The van der Waals surface area contributed by atoms with E-state index in [0.717, 1.165) is 22.6 Å². The predicted octanol–water partition coefficient (Wildman–Crippen LogP) is 5.23. The molecule has 3 aliphatic rings. The number of hydrogen-bond donors (Lipinski definition) is 1. The van der Waals surface area contributed by atoms with Crippen molar-refractivity contribution in [1.29, 1.82) is 0 Å². The third-order valence-corrected chi connectivity index (χ3v) is 9.30. The standard InChI is InChI=1S/C25H21ClN2O3S2/c1-31-16-8-9-18-17(11-16)25(24(30)27-18)22(23(29)20-3-2-10-33-20)21(19-12-32-13-28(19)25)14-4-6-15(26)7-5-14/h2-11,19,21-22H,12-13H2,1H3,(H,27,30)/t19-,21+,22-,25+/m1/s1. The molecule has 0 aliphatic carbocycles. The van der Waals surface area contributed by atoms with Crippen molar-refractivity contribution in [3.05, 3.63) is 81.0 Å². The number of carbonyl (C=O) groups is 2. The number of fused-ring (bicyclic) bond motifs is 4. The number of thioether (sulfide) groups is 1. The lowest BCUT2D eigenvalue weighted by molar-refractivity contribution is -0.127. The van der Waals surface area contributed by atoms with Gasteiger partial charge in [0.25, 0.3) is 0 Å². The number of ether oxygens (including phenoxy) is 1. The highest BCUT2D eigenvalue weighted by Crippen LogP contribution is 2.61. The van der Waals surface area contributed by atoms with Gasteiger partial charge in [-0.1, -0.05) is 29.8 Å². The van der Waals surface area contributed by atoms with Gasteiger partial charge in [0, 0.05) is 39.9 Å². The van der Waals surface area contributed by atoms with Crippen LogP contribution in [0.5, 0.6) is 5.75 Å². The number of Topliss-reactive ketones (excluding diaryl/α,β-unsaturated/α-hetero) is 1. The van der Waals surface area contributed by atoms with Crippen LogP contribution in [-0.4, -0.2) is 41.4 Å². The smallest absolute Gasteiger partial charge is 0.250 e. The summed E-state index contributed by atoms with van der Waals surface area (Å²) in [6.45, 7) is 0. The van der Waals surface area contributed by atoms with Gasteiger partial charge in [-0.2, -0.15) is 0 Å². The largest absolute Gasteiger partial charge is 0.497 e. The molecule has 5 nitrogen and oxygen atoms in total. The van der Waals surface area contributed by atoms with Crippen LogP contribution >= 0.6 is 34.7 Å². The van der Waals surface area contributed by atoms with Gasteiger partial charge < -0.3 is 10.1 Å². The fraction of sp³-hybridized carbons (Fsp3) is 0.280. The van der Waals surface area contributed by atoms with Gasteiger partial charge in [-0.05, 0) is 47.3 Å². The quantitative estimate of drug-likeness (QED) is 0.501. The molecule has 4 atom stereocenters. The zero-order valence-electron chi connectivity index (χ0n) is 17.8. The second-order valence-electron chi connectivity index (χ2n) is 8.57. The second kappa shape index (κ2) is 7.87. The lowest BCUT2D eigenvalue weighted by atomic mass is 9.70. The van der Waals surface area contributed by atoms with Crippen molar-refractivity contribution >= 4 is 52.1 Å². The molecule has 33 heavy (non-hydrogen) atoms. The Hall–Kier alpha value is -2.32. The second-order valence-corrected chi connectivity index (χ2v) is 10.9. The highest BCUT2D eigenvalue weighted by atomic mass is 35.5. The summed E-state index contributed by atoms with van der Waals surface area (Å²) in [5, 5.41) is 5.65. The minimum atomic E-state index is -1.09. The Morgan fingerprint density at radius 1 is 1.21 bits per heavy atom. The van der Waals surface area contributed by atoms with Crippen LogP contribution in [0.3, 0.4) is 0 Å². The molecule has 8 heteroatoms. The summed E-state index contributed by atoms with van der Waals surface area (Å²) in [4.78, 5) is 31.1. The van der Waals surface area contributed by atoms with Gasteiger partial charge in [0.1, 0.15) is 11.3 Å². The Morgan fingerprint density at radius 2 is 2.03 bits per heavy atom. The van der Waals surface area contributed by atoms with Gasteiger partial charge in [0.05, 0.1) is 17.9 Å². The van der Waals surface area contributed by atoms with Crippen molar-refractivity contribution < 1.29 is 14.3 Å². The first-order chi connectivity index (χ1) is 16.1. The first-order valence-corrected chi connectivity index (χ1v) is 13.1. The van der Waals surface area contributed by atoms with Crippen molar-refractivity contribution in [2.45, 2.75) is 17.5 Å². The van der Waals surface area contributed by atoms with Crippen molar-refractivity contribution in [3.63, 3.8) is 0 Å². The number of halogens is 1.